The largest absolute Gasteiger partial charge is 0.508 e. The van der Waals surface area contributed by atoms with Gasteiger partial charge in [0.25, 0.3) is 0 Å². The average Bonchev–Trinajstić information content (AvgIpc) is 3.27. The number of hydrogen-bond acceptors (Lipinski definition) is 6. The van der Waals surface area contributed by atoms with Crippen molar-refractivity contribution >= 4 is 35.1 Å². The number of benzene rings is 2. The number of amides is 1. The number of piperidine rings is 1. The van der Waals surface area contributed by atoms with Gasteiger partial charge in [0.05, 0.1) is 22.5 Å². The van der Waals surface area contributed by atoms with Gasteiger partial charge in [0, 0.05) is 48.7 Å². The molecule has 2 aromatic carbocycles. The van der Waals surface area contributed by atoms with Crippen LogP contribution in [0.4, 0.5) is 0 Å². The summed E-state index contributed by atoms with van der Waals surface area (Å²) in [6.07, 6.45) is 5.07. The van der Waals surface area contributed by atoms with Crippen molar-refractivity contribution in [1.29, 1.82) is 0 Å². The molecule has 42 heavy (non-hydrogen) atoms. The molecule has 5 atom stereocenters. The third-order valence-corrected chi connectivity index (χ3v) is 10.5. The predicted molar refractivity (Wildman–Crippen MR) is 163 cm³/mol. The molecule has 0 unspecified atom stereocenters. The number of carbonyl (C=O) groups is 2. The number of rotatable bonds is 8. The number of hydrogen-bond donors (Lipinski definition) is 1. The minimum Gasteiger partial charge on any atom is -0.508 e. The van der Waals surface area contributed by atoms with Crippen LogP contribution in [0.1, 0.15) is 56.7 Å². The van der Waals surface area contributed by atoms with Crippen molar-refractivity contribution in [3.05, 3.63) is 63.7 Å². The van der Waals surface area contributed by atoms with Gasteiger partial charge in [0.1, 0.15) is 11.9 Å². The molecule has 2 fully saturated rings. The summed E-state index contributed by atoms with van der Waals surface area (Å²) in [6, 6.07) is 6.89. The number of carbonyl (C=O) groups excluding carboxylic acids is 2. The van der Waals surface area contributed by atoms with Gasteiger partial charge in [-0.05, 0) is 61.8 Å². The molecule has 2 aliphatic heterocycles. The lowest BCUT2D eigenvalue weighted by Gasteiger charge is -2.60. The molecule has 2 bridgehead atoms. The van der Waals surface area contributed by atoms with E-state index in [1.807, 2.05) is 17.0 Å². The minimum absolute atomic E-state index is 0.0150. The second kappa shape index (κ2) is 11.1. The first-order valence-corrected chi connectivity index (χ1v) is 15.6. The van der Waals surface area contributed by atoms with Gasteiger partial charge in [-0.15, -0.1) is 6.58 Å². The Labute approximate surface area is 257 Å². The lowest BCUT2D eigenvalue weighted by atomic mass is 9.50. The van der Waals surface area contributed by atoms with Crippen LogP contribution >= 0.6 is 23.2 Å². The van der Waals surface area contributed by atoms with E-state index in [2.05, 4.69) is 25.3 Å². The lowest BCUT2D eigenvalue weighted by Crippen LogP contribution is -2.69. The molecule has 224 valence electrons. The average molecular weight is 614 g/mol. The quantitative estimate of drug-likeness (QED) is 0.226. The van der Waals surface area contributed by atoms with Crippen molar-refractivity contribution in [2.24, 2.45) is 11.8 Å². The highest BCUT2D eigenvalue weighted by atomic mass is 35.5. The van der Waals surface area contributed by atoms with E-state index in [1.165, 1.54) is 13.0 Å². The van der Waals surface area contributed by atoms with Crippen LogP contribution in [-0.4, -0.2) is 64.6 Å². The number of ether oxygens (including phenoxy) is 2. The van der Waals surface area contributed by atoms with Crippen molar-refractivity contribution in [3.63, 3.8) is 0 Å². The van der Waals surface area contributed by atoms with Crippen LogP contribution in [0, 0.1) is 11.8 Å². The molecular weight excluding hydrogens is 575 g/mol. The van der Waals surface area contributed by atoms with Crippen molar-refractivity contribution in [3.8, 4) is 17.2 Å². The fourth-order valence-corrected chi connectivity index (χ4v) is 8.66. The number of phenolic OH excluding ortho intramolecular Hbond substituents is 1. The van der Waals surface area contributed by atoms with E-state index >= 15 is 0 Å². The number of halogens is 2. The number of phenols is 1. The highest BCUT2D eigenvalue weighted by Gasteiger charge is 2.67. The molecule has 7 nitrogen and oxygen atoms in total. The summed E-state index contributed by atoms with van der Waals surface area (Å²) in [5, 5.41) is 12.2. The van der Waals surface area contributed by atoms with Gasteiger partial charge >= 0.3 is 5.97 Å². The summed E-state index contributed by atoms with van der Waals surface area (Å²) in [5.74, 6) is 1.00. The van der Waals surface area contributed by atoms with Crippen molar-refractivity contribution < 1.29 is 24.2 Å². The fraction of sp³-hybridized carbons (Fsp3) is 0.515. The molecule has 0 aromatic heterocycles. The maximum Gasteiger partial charge on any atom is 0.308 e. The minimum atomic E-state index is -0.470. The van der Waals surface area contributed by atoms with E-state index in [0.717, 1.165) is 49.0 Å². The number of nitrogens with zero attached hydrogens (tertiary/aromatic N) is 2. The second-order valence-electron chi connectivity index (χ2n) is 12.7. The zero-order valence-corrected chi connectivity index (χ0v) is 25.9. The van der Waals surface area contributed by atoms with Gasteiger partial charge in [0.15, 0.2) is 11.5 Å². The lowest BCUT2D eigenvalue weighted by molar-refractivity contribution is -0.142. The maximum atomic E-state index is 14.1. The summed E-state index contributed by atoms with van der Waals surface area (Å²) in [6.45, 7) is 11.8. The molecule has 1 amide bonds. The van der Waals surface area contributed by atoms with Crippen molar-refractivity contribution in [2.75, 3.05) is 19.6 Å². The molecule has 4 aliphatic rings. The summed E-state index contributed by atoms with van der Waals surface area (Å²) < 4.78 is 12.5. The van der Waals surface area contributed by atoms with E-state index in [0.29, 0.717) is 28.8 Å². The Balaban J connectivity index is 1.44. The van der Waals surface area contributed by atoms with E-state index < -0.39 is 11.4 Å². The Bertz CT molecular complexity index is 1440. The van der Waals surface area contributed by atoms with E-state index in [-0.39, 0.29) is 53.9 Å². The first-order valence-electron chi connectivity index (χ1n) is 14.9. The van der Waals surface area contributed by atoms with Gasteiger partial charge < -0.3 is 19.5 Å². The third kappa shape index (κ3) is 4.68. The molecular formula is C33H38Cl2N2O5. The Morgan fingerprint density at radius 1 is 1.26 bits per heavy atom. The first-order chi connectivity index (χ1) is 20.0. The van der Waals surface area contributed by atoms with Crippen LogP contribution < -0.4 is 9.47 Å². The second-order valence-corrected chi connectivity index (χ2v) is 13.5. The number of aromatic hydroxyl groups is 1. The van der Waals surface area contributed by atoms with Crippen LogP contribution in [-0.2, 0) is 27.8 Å². The van der Waals surface area contributed by atoms with Gasteiger partial charge in [-0.2, -0.15) is 0 Å². The molecule has 2 aliphatic carbocycles. The fourth-order valence-electron chi connectivity index (χ4n) is 8.33. The van der Waals surface area contributed by atoms with Crippen molar-refractivity contribution in [1.82, 2.24) is 9.80 Å². The first kappa shape index (κ1) is 29.3. The van der Waals surface area contributed by atoms with E-state index in [4.69, 9.17) is 32.7 Å². The normalized spacial score (nSPS) is 27.3. The highest BCUT2D eigenvalue weighted by molar-refractivity contribution is 6.42. The molecule has 0 radical (unpaired) electrons. The van der Waals surface area contributed by atoms with E-state index in [9.17, 15) is 14.7 Å². The summed E-state index contributed by atoms with van der Waals surface area (Å²) in [4.78, 5) is 30.7. The Hall–Kier alpha value is -2.74. The zero-order valence-electron chi connectivity index (χ0n) is 24.4. The third-order valence-electron chi connectivity index (χ3n) is 9.73. The molecule has 2 heterocycles. The highest BCUT2D eigenvalue weighted by Crippen LogP contribution is 2.65. The van der Waals surface area contributed by atoms with Gasteiger partial charge in [-0.25, -0.2) is 0 Å². The molecule has 1 saturated carbocycles. The molecule has 1 saturated heterocycles. The smallest absolute Gasteiger partial charge is 0.308 e. The molecule has 1 N–H and O–H groups in total. The molecule has 2 aromatic rings. The van der Waals surface area contributed by atoms with Crippen LogP contribution in [0.2, 0.25) is 10.0 Å². The topological polar surface area (TPSA) is 79.3 Å². The number of esters is 1. The summed E-state index contributed by atoms with van der Waals surface area (Å²) in [7, 11) is 0. The molecule has 6 rings (SSSR count). The Morgan fingerprint density at radius 3 is 2.74 bits per heavy atom. The predicted octanol–water partition coefficient (Wildman–Crippen LogP) is 5.95. The van der Waals surface area contributed by atoms with Crippen LogP contribution in [0.25, 0.3) is 0 Å². The van der Waals surface area contributed by atoms with E-state index in [1.54, 1.807) is 12.1 Å². The Kier molecular flexibility index (Phi) is 7.73. The van der Waals surface area contributed by atoms with Crippen molar-refractivity contribution in [2.45, 2.75) is 76.5 Å². The van der Waals surface area contributed by atoms with Gasteiger partial charge in [0.2, 0.25) is 5.91 Å². The van der Waals surface area contributed by atoms with Crippen LogP contribution in [0.5, 0.6) is 17.2 Å². The standard InChI is InChI=1S/C33H38Cl2N2O5/c1-5-11-36-12-10-33-22-7-9-25(37(17-18(2)3)29(40)14-20-6-8-23(34)24(35)13-20)32(33)42-31-28(41-19(4)38)16-27(39)21(30(31)33)15-26(22)36/h5-6,8,13,16,18,22,25-26,32,39H,1,7,9-12,14-15,17H2,2-4H3/t22-,25+,26+,32-,33-/m0/s1. The van der Waals surface area contributed by atoms with Crippen LogP contribution in [0.15, 0.2) is 36.9 Å². The summed E-state index contributed by atoms with van der Waals surface area (Å²) >= 11 is 12.4. The monoisotopic (exact) mass is 612 g/mol. The molecule has 1 spiro atoms. The van der Waals surface area contributed by atoms with Crippen LogP contribution in [0.3, 0.4) is 0 Å². The maximum absolute atomic E-state index is 14.1. The zero-order chi connectivity index (χ0) is 29.9. The van der Waals surface area contributed by atoms with Gasteiger partial charge in [-0.3, -0.25) is 14.5 Å². The Morgan fingerprint density at radius 2 is 2.05 bits per heavy atom. The van der Waals surface area contributed by atoms with Gasteiger partial charge in [-0.1, -0.05) is 49.2 Å². The SMILES string of the molecule is C=CCN1CC[C@]23c4c5c(O)cc(OC(C)=O)c4O[C@H]2[C@H](N(CC(C)C)C(=O)Cc2ccc(Cl)c(Cl)c2)CC[C@H]3[C@H]1C5. The molecule has 9 heteroatoms. The summed E-state index contributed by atoms with van der Waals surface area (Å²) in [5.41, 5.74) is 2.26. The number of likely N-dealkylation sites (tertiary alicyclic amines) is 1.